The number of halogens is 1. The number of nitrogens with zero attached hydrogens (tertiary/aromatic N) is 1. The number of anilines is 1. The first-order valence-electron chi connectivity index (χ1n) is 9.28. The fourth-order valence-electron chi connectivity index (χ4n) is 3.40. The zero-order valence-electron chi connectivity index (χ0n) is 15.6. The number of amides is 2. The molecule has 3 atom stereocenters. The lowest BCUT2D eigenvalue weighted by molar-refractivity contribution is 0.210. The molecule has 0 radical (unpaired) electrons. The Labute approximate surface area is 164 Å². The van der Waals surface area contributed by atoms with E-state index in [1.165, 1.54) is 24.3 Å². The number of carbonyl (C=O) groups is 1. The molecule has 0 bridgehead atoms. The number of hydrogen-bond acceptors (Lipinski definition) is 4. The maximum atomic E-state index is 14.3. The van der Waals surface area contributed by atoms with Gasteiger partial charge in [-0.2, -0.15) is 0 Å². The molecule has 1 fully saturated rings. The fourth-order valence-corrected chi connectivity index (χ4v) is 5.21. The SMILES string of the molecule is CC1CCC(S(=O)(=O)c2ccc(NC(=O)NCc3cccnc3)cc2)C(F)C1. The van der Waals surface area contributed by atoms with Crippen LogP contribution in [0.15, 0.2) is 53.7 Å². The van der Waals surface area contributed by atoms with Crippen LogP contribution in [0.2, 0.25) is 0 Å². The number of carbonyl (C=O) groups excluding carboxylic acids is 1. The maximum Gasteiger partial charge on any atom is 0.319 e. The minimum absolute atomic E-state index is 0.0796. The van der Waals surface area contributed by atoms with Crippen LogP contribution in [0.4, 0.5) is 14.9 Å². The number of urea groups is 1. The number of aromatic nitrogens is 1. The second-order valence-corrected chi connectivity index (χ2v) is 9.38. The van der Waals surface area contributed by atoms with Crippen molar-refractivity contribution in [2.45, 2.75) is 49.0 Å². The van der Waals surface area contributed by atoms with Crippen molar-refractivity contribution in [2.24, 2.45) is 5.92 Å². The molecule has 2 aromatic rings. The zero-order chi connectivity index (χ0) is 20.1. The van der Waals surface area contributed by atoms with Gasteiger partial charge in [0, 0.05) is 24.6 Å². The second-order valence-electron chi connectivity index (χ2n) is 7.21. The molecule has 1 aliphatic carbocycles. The molecule has 3 rings (SSSR count). The van der Waals surface area contributed by atoms with Gasteiger partial charge in [0.1, 0.15) is 6.17 Å². The van der Waals surface area contributed by atoms with E-state index in [4.69, 9.17) is 0 Å². The van der Waals surface area contributed by atoms with E-state index in [0.29, 0.717) is 25.1 Å². The molecule has 3 unspecified atom stereocenters. The summed E-state index contributed by atoms with van der Waals surface area (Å²) in [6.45, 7) is 2.26. The Morgan fingerprint density at radius 3 is 2.61 bits per heavy atom. The van der Waals surface area contributed by atoms with Gasteiger partial charge in [0.25, 0.3) is 0 Å². The highest BCUT2D eigenvalue weighted by molar-refractivity contribution is 7.92. The number of hydrogen-bond donors (Lipinski definition) is 2. The second kappa shape index (κ2) is 8.68. The highest BCUT2D eigenvalue weighted by Crippen LogP contribution is 2.34. The number of alkyl halides is 1. The predicted molar refractivity (Wildman–Crippen MR) is 105 cm³/mol. The first-order valence-corrected chi connectivity index (χ1v) is 10.8. The van der Waals surface area contributed by atoms with Crippen LogP contribution in [-0.4, -0.2) is 30.9 Å². The average molecular weight is 405 g/mol. The molecule has 8 heteroatoms. The predicted octanol–water partition coefficient (Wildman–Crippen LogP) is 3.70. The van der Waals surface area contributed by atoms with Gasteiger partial charge in [0.15, 0.2) is 9.84 Å². The van der Waals surface area contributed by atoms with E-state index >= 15 is 0 Å². The summed E-state index contributed by atoms with van der Waals surface area (Å²) in [5.41, 5.74) is 1.32. The Morgan fingerprint density at radius 1 is 1.21 bits per heavy atom. The Morgan fingerprint density at radius 2 is 1.96 bits per heavy atom. The average Bonchev–Trinajstić information content (AvgIpc) is 2.67. The molecule has 0 saturated heterocycles. The van der Waals surface area contributed by atoms with Crippen LogP contribution in [-0.2, 0) is 16.4 Å². The van der Waals surface area contributed by atoms with Crippen molar-refractivity contribution in [3.63, 3.8) is 0 Å². The molecule has 1 aromatic carbocycles. The van der Waals surface area contributed by atoms with Crippen LogP contribution in [0.25, 0.3) is 0 Å². The molecule has 6 nitrogen and oxygen atoms in total. The van der Waals surface area contributed by atoms with E-state index in [2.05, 4.69) is 15.6 Å². The number of rotatable bonds is 5. The fraction of sp³-hybridized carbons (Fsp3) is 0.400. The summed E-state index contributed by atoms with van der Waals surface area (Å²) in [6.07, 6.45) is 3.29. The smallest absolute Gasteiger partial charge is 0.319 e. The third kappa shape index (κ3) is 4.86. The van der Waals surface area contributed by atoms with Crippen LogP contribution >= 0.6 is 0 Å². The number of pyridine rings is 1. The van der Waals surface area contributed by atoms with Crippen LogP contribution in [0.1, 0.15) is 31.7 Å². The molecule has 2 N–H and O–H groups in total. The summed E-state index contributed by atoms with van der Waals surface area (Å²) in [6, 6.07) is 9.06. The topological polar surface area (TPSA) is 88.2 Å². The van der Waals surface area contributed by atoms with Gasteiger partial charge < -0.3 is 10.6 Å². The van der Waals surface area contributed by atoms with Gasteiger partial charge >= 0.3 is 6.03 Å². The van der Waals surface area contributed by atoms with E-state index in [0.717, 1.165) is 5.56 Å². The van der Waals surface area contributed by atoms with Gasteiger partial charge in [-0.25, -0.2) is 17.6 Å². The molecule has 2 amide bonds. The molecule has 1 saturated carbocycles. The van der Waals surface area contributed by atoms with Crippen molar-refractivity contribution >= 4 is 21.6 Å². The molecule has 0 spiro atoms. The van der Waals surface area contributed by atoms with Crippen molar-refractivity contribution in [3.8, 4) is 0 Å². The first kappa shape index (κ1) is 20.3. The van der Waals surface area contributed by atoms with Crippen molar-refractivity contribution in [3.05, 3.63) is 54.4 Å². The molecular formula is C20H24FN3O3S. The minimum atomic E-state index is -3.74. The highest BCUT2D eigenvalue weighted by atomic mass is 32.2. The Bertz CT molecular complexity index is 904. The van der Waals surface area contributed by atoms with Gasteiger partial charge in [-0.15, -0.1) is 0 Å². The van der Waals surface area contributed by atoms with E-state index in [9.17, 15) is 17.6 Å². The summed E-state index contributed by atoms with van der Waals surface area (Å²) in [5, 5.41) is 4.35. The van der Waals surface area contributed by atoms with Crippen LogP contribution in [0, 0.1) is 5.92 Å². The molecule has 1 aliphatic rings. The molecule has 1 aromatic heterocycles. The van der Waals surface area contributed by atoms with Crippen molar-refractivity contribution in [2.75, 3.05) is 5.32 Å². The molecule has 1 heterocycles. The Hall–Kier alpha value is -2.48. The van der Waals surface area contributed by atoms with Crippen molar-refractivity contribution in [1.29, 1.82) is 0 Å². The van der Waals surface area contributed by atoms with Crippen LogP contribution < -0.4 is 10.6 Å². The number of nitrogens with one attached hydrogen (secondary N) is 2. The molecule has 150 valence electrons. The zero-order valence-corrected chi connectivity index (χ0v) is 16.5. The van der Waals surface area contributed by atoms with Gasteiger partial charge in [-0.05, 0) is 61.1 Å². The lowest BCUT2D eigenvalue weighted by Crippen LogP contribution is -2.36. The maximum absolute atomic E-state index is 14.3. The minimum Gasteiger partial charge on any atom is -0.334 e. The number of benzene rings is 1. The Kier molecular flexibility index (Phi) is 6.28. The third-order valence-electron chi connectivity index (χ3n) is 4.99. The van der Waals surface area contributed by atoms with E-state index < -0.39 is 27.3 Å². The summed E-state index contributed by atoms with van der Waals surface area (Å²) in [7, 11) is -3.74. The van der Waals surface area contributed by atoms with Crippen molar-refractivity contribution < 1.29 is 17.6 Å². The highest BCUT2D eigenvalue weighted by Gasteiger charge is 2.38. The summed E-state index contributed by atoms with van der Waals surface area (Å²) >= 11 is 0. The van der Waals surface area contributed by atoms with Gasteiger partial charge in [0.2, 0.25) is 0 Å². The summed E-state index contributed by atoms with van der Waals surface area (Å²) in [5.74, 6) is 0.207. The lowest BCUT2D eigenvalue weighted by atomic mass is 9.89. The summed E-state index contributed by atoms with van der Waals surface area (Å²) in [4.78, 5) is 16.0. The standard InChI is InChI=1S/C20H24FN3O3S/c1-14-4-9-19(18(21)11-14)28(26,27)17-7-5-16(6-8-17)24-20(25)23-13-15-3-2-10-22-12-15/h2-3,5-8,10,12,14,18-19H,4,9,11,13H2,1H3,(H2,23,24,25). The lowest BCUT2D eigenvalue weighted by Gasteiger charge is -2.29. The summed E-state index contributed by atoms with van der Waals surface area (Å²) < 4.78 is 39.8. The van der Waals surface area contributed by atoms with Crippen LogP contribution in [0.5, 0.6) is 0 Å². The molecule has 0 aliphatic heterocycles. The van der Waals surface area contributed by atoms with Gasteiger partial charge in [0.05, 0.1) is 10.1 Å². The van der Waals surface area contributed by atoms with E-state index in [1.54, 1.807) is 18.5 Å². The normalized spacial score (nSPS) is 22.4. The van der Waals surface area contributed by atoms with Crippen LogP contribution in [0.3, 0.4) is 0 Å². The quantitative estimate of drug-likeness (QED) is 0.794. The van der Waals surface area contributed by atoms with E-state index in [1.807, 2.05) is 13.0 Å². The van der Waals surface area contributed by atoms with E-state index in [-0.39, 0.29) is 17.2 Å². The number of sulfone groups is 1. The van der Waals surface area contributed by atoms with Gasteiger partial charge in [-0.1, -0.05) is 13.0 Å². The van der Waals surface area contributed by atoms with Gasteiger partial charge in [-0.3, -0.25) is 4.98 Å². The molecule has 28 heavy (non-hydrogen) atoms. The Balaban J connectivity index is 1.60. The largest absolute Gasteiger partial charge is 0.334 e. The molecular weight excluding hydrogens is 381 g/mol. The first-order chi connectivity index (χ1) is 13.4. The third-order valence-corrected chi connectivity index (χ3v) is 7.25. The van der Waals surface area contributed by atoms with Crippen molar-refractivity contribution in [1.82, 2.24) is 10.3 Å². The monoisotopic (exact) mass is 405 g/mol.